The van der Waals surface area contributed by atoms with E-state index >= 15 is 0 Å². The summed E-state index contributed by atoms with van der Waals surface area (Å²) < 4.78 is 1.50. The molecule has 0 aromatic carbocycles. The molecule has 0 aliphatic carbocycles. The molecule has 0 atom stereocenters. The number of rotatable bonds is 5. The van der Waals surface area contributed by atoms with Gasteiger partial charge in [0.1, 0.15) is 23.9 Å². The molecule has 1 amide bonds. The molecule has 2 aromatic rings. The largest absolute Gasteiger partial charge is 0.373 e. The Morgan fingerprint density at radius 1 is 1.48 bits per heavy atom. The van der Waals surface area contributed by atoms with Crippen LogP contribution in [0.15, 0.2) is 18.6 Å². The molecule has 0 aliphatic heterocycles. The summed E-state index contributed by atoms with van der Waals surface area (Å²) >= 11 is 0. The zero-order chi connectivity index (χ0) is 15.4. The van der Waals surface area contributed by atoms with Crippen molar-refractivity contribution in [3.8, 4) is 0 Å². The molecule has 10 heteroatoms. The zero-order valence-electron chi connectivity index (χ0n) is 11.4. The Balaban J connectivity index is 2.19. The van der Waals surface area contributed by atoms with E-state index in [1.165, 1.54) is 17.1 Å². The second-order valence-corrected chi connectivity index (χ2v) is 4.11. The highest BCUT2D eigenvalue weighted by Gasteiger charge is 2.21. The maximum Gasteiger partial charge on any atom is 0.300 e. The number of nitro groups is 1. The standard InChI is InChI=1S/C11H13N7O3/c1-12-9-3-7(8(4-13-9)18(20)21)11(19)14-5-10-15-6-17(2)16-10/h3-4,6H,5H2,1-2H3,(H,12,13)(H,14,19). The van der Waals surface area contributed by atoms with Gasteiger partial charge in [-0.25, -0.2) is 9.97 Å². The van der Waals surface area contributed by atoms with E-state index in [2.05, 4.69) is 25.7 Å². The molecule has 2 rings (SSSR count). The minimum Gasteiger partial charge on any atom is -0.373 e. The lowest BCUT2D eigenvalue weighted by molar-refractivity contribution is -0.385. The second-order valence-electron chi connectivity index (χ2n) is 4.11. The molecule has 0 saturated carbocycles. The summed E-state index contributed by atoms with van der Waals surface area (Å²) in [7, 11) is 3.30. The van der Waals surface area contributed by atoms with E-state index in [4.69, 9.17) is 0 Å². The van der Waals surface area contributed by atoms with Crippen LogP contribution in [-0.4, -0.2) is 37.6 Å². The van der Waals surface area contributed by atoms with E-state index < -0.39 is 10.8 Å². The van der Waals surface area contributed by atoms with Crippen molar-refractivity contribution in [3.63, 3.8) is 0 Å². The third-order valence-electron chi connectivity index (χ3n) is 2.63. The third-order valence-corrected chi connectivity index (χ3v) is 2.63. The molecular weight excluding hydrogens is 278 g/mol. The number of aromatic nitrogens is 4. The number of nitrogens with zero attached hydrogens (tertiary/aromatic N) is 5. The molecule has 0 spiro atoms. The summed E-state index contributed by atoms with van der Waals surface area (Å²) in [5.74, 6) is 0.186. The molecular formula is C11H13N7O3. The van der Waals surface area contributed by atoms with Crippen molar-refractivity contribution in [1.29, 1.82) is 0 Å². The molecule has 0 fully saturated rings. The first-order chi connectivity index (χ1) is 10.0. The van der Waals surface area contributed by atoms with E-state index in [1.807, 2.05) is 0 Å². The van der Waals surface area contributed by atoms with Crippen LogP contribution in [0.5, 0.6) is 0 Å². The number of carbonyl (C=O) groups is 1. The van der Waals surface area contributed by atoms with Crippen molar-refractivity contribution in [2.45, 2.75) is 6.54 Å². The Morgan fingerprint density at radius 2 is 2.24 bits per heavy atom. The number of aryl methyl sites for hydroxylation is 1. The van der Waals surface area contributed by atoms with Crippen molar-refractivity contribution in [2.75, 3.05) is 12.4 Å². The fourth-order valence-electron chi connectivity index (χ4n) is 1.63. The fraction of sp³-hybridized carbons (Fsp3) is 0.273. The van der Waals surface area contributed by atoms with Gasteiger partial charge in [0.2, 0.25) is 0 Å². The van der Waals surface area contributed by atoms with E-state index in [1.54, 1.807) is 14.1 Å². The van der Waals surface area contributed by atoms with Gasteiger partial charge in [0, 0.05) is 20.2 Å². The lowest BCUT2D eigenvalue weighted by atomic mass is 10.2. The Hall–Kier alpha value is -3.04. The minimum absolute atomic E-state index is 0.0738. The van der Waals surface area contributed by atoms with E-state index in [0.717, 1.165) is 6.20 Å². The van der Waals surface area contributed by atoms with E-state index in [0.29, 0.717) is 11.6 Å². The van der Waals surface area contributed by atoms with Crippen LogP contribution < -0.4 is 10.6 Å². The van der Waals surface area contributed by atoms with Crippen molar-refractivity contribution < 1.29 is 9.72 Å². The second kappa shape index (κ2) is 5.94. The van der Waals surface area contributed by atoms with Gasteiger partial charge in [-0.05, 0) is 0 Å². The molecule has 21 heavy (non-hydrogen) atoms. The van der Waals surface area contributed by atoms with Crippen LogP contribution in [-0.2, 0) is 13.6 Å². The Labute approximate surface area is 119 Å². The van der Waals surface area contributed by atoms with Gasteiger partial charge in [0.05, 0.1) is 11.5 Å². The number of pyridine rings is 1. The summed E-state index contributed by atoms with van der Waals surface area (Å²) in [6.07, 6.45) is 2.54. The first kappa shape index (κ1) is 14.4. The van der Waals surface area contributed by atoms with Crippen LogP contribution in [0.3, 0.4) is 0 Å². The SMILES string of the molecule is CNc1cc(C(=O)NCc2ncn(C)n2)c([N+](=O)[O-])cn1. The molecule has 0 unspecified atom stereocenters. The summed E-state index contributed by atoms with van der Waals surface area (Å²) in [5.41, 5.74) is -0.434. The van der Waals surface area contributed by atoms with Gasteiger partial charge < -0.3 is 10.6 Å². The maximum atomic E-state index is 12.1. The van der Waals surface area contributed by atoms with Crippen molar-refractivity contribution >= 4 is 17.4 Å². The first-order valence-corrected chi connectivity index (χ1v) is 5.96. The quantitative estimate of drug-likeness (QED) is 0.590. The fourth-order valence-corrected chi connectivity index (χ4v) is 1.63. The molecule has 2 N–H and O–H groups in total. The summed E-state index contributed by atoms with van der Waals surface area (Å²) in [6, 6.07) is 1.32. The van der Waals surface area contributed by atoms with Crippen molar-refractivity contribution in [3.05, 3.63) is 40.1 Å². The lowest BCUT2D eigenvalue weighted by Gasteiger charge is -2.05. The number of nitrogens with one attached hydrogen (secondary N) is 2. The van der Waals surface area contributed by atoms with Gasteiger partial charge >= 0.3 is 0 Å². The van der Waals surface area contributed by atoms with Crippen LogP contribution in [0.4, 0.5) is 11.5 Å². The smallest absolute Gasteiger partial charge is 0.300 e. The molecule has 2 aromatic heterocycles. The summed E-state index contributed by atoms with van der Waals surface area (Å²) in [6.45, 7) is 0.0774. The lowest BCUT2D eigenvalue weighted by Crippen LogP contribution is -2.24. The molecule has 2 heterocycles. The average Bonchev–Trinajstić information content (AvgIpc) is 2.89. The highest BCUT2D eigenvalue weighted by molar-refractivity contribution is 5.98. The molecule has 10 nitrogen and oxygen atoms in total. The van der Waals surface area contributed by atoms with Gasteiger partial charge in [-0.1, -0.05) is 0 Å². The maximum absolute atomic E-state index is 12.1. The van der Waals surface area contributed by atoms with Crippen molar-refractivity contribution in [2.24, 2.45) is 7.05 Å². The van der Waals surface area contributed by atoms with Crippen LogP contribution in [0.25, 0.3) is 0 Å². The monoisotopic (exact) mass is 291 g/mol. The molecule has 110 valence electrons. The molecule has 0 saturated heterocycles. The van der Waals surface area contributed by atoms with Crippen LogP contribution in [0.2, 0.25) is 0 Å². The zero-order valence-corrected chi connectivity index (χ0v) is 11.4. The highest BCUT2D eigenvalue weighted by Crippen LogP contribution is 2.20. The Morgan fingerprint density at radius 3 is 2.81 bits per heavy atom. The third kappa shape index (κ3) is 3.29. The topological polar surface area (TPSA) is 128 Å². The van der Waals surface area contributed by atoms with Gasteiger partial charge in [-0.2, -0.15) is 5.10 Å². The number of hydrogen-bond donors (Lipinski definition) is 2. The van der Waals surface area contributed by atoms with E-state index in [-0.39, 0.29) is 17.8 Å². The summed E-state index contributed by atoms with van der Waals surface area (Å²) in [4.78, 5) is 30.1. The van der Waals surface area contributed by atoms with Crippen LogP contribution >= 0.6 is 0 Å². The van der Waals surface area contributed by atoms with Crippen LogP contribution in [0.1, 0.15) is 16.2 Å². The average molecular weight is 291 g/mol. The molecule has 0 radical (unpaired) electrons. The Kier molecular flexibility index (Phi) is 4.07. The highest BCUT2D eigenvalue weighted by atomic mass is 16.6. The normalized spacial score (nSPS) is 10.2. The predicted octanol–water partition coefficient (Wildman–Crippen LogP) is 0.0900. The minimum atomic E-state index is -0.652. The van der Waals surface area contributed by atoms with Gasteiger partial charge in [-0.3, -0.25) is 19.6 Å². The summed E-state index contributed by atoms with van der Waals surface area (Å²) in [5, 5.41) is 20.2. The number of hydrogen-bond acceptors (Lipinski definition) is 7. The first-order valence-electron chi connectivity index (χ1n) is 5.96. The number of amides is 1. The number of anilines is 1. The van der Waals surface area contributed by atoms with Gasteiger partial charge in [-0.15, -0.1) is 0 Å². The van der Waals surface area contributed by atoms with E-state index in [9.17, 15) is 14.9 Å². The van der Waals surface area contributed by atoms with Crippen molar-refractivity contribution in [1.82, 2.24) is 25.1 Å². The Bertz CT molecular complexity index is 682. The molecule has 0 bridgehead atoms. The molecule has 0 aliphatic rings. The van der Waals surface area contributed by atoms with Gasteiger partial charge in [0.25, 0.3) is 11.6 Å². The van der Waals surface area contributed by atoms with Gasteiger partial charge in [0.15, 0.2) is 5.82 Å². The predicted molar refractivity (Wildman–Crippen MR) is 72.6 cm³/mol. The number of carbonyl (C=O) groups excluding carboxylic acids is 1. The van der Waals surface area contributed by atoms with Crippen LogP contribution in [0, 0.1) is 10.1 Å².